The van der Waals surface area contributed by atoms with Gasteiger partial charge in [0, 0.05) is 44.6 Å². The number of nitrogens with one attached hydrogen (secondary N) is 1. The van der Waals surface area contributed by atoms with Gasteiger partial charge >= 0.3 is 6.03 Å². The number of hydrogen-bond acceptors (Lipinski definition) is 5. The van der Waals surface area contributed by atoms with Gasteiger partial charge in [0.15, 0.2) is 0 Å². The van der Waals surface area contributed by atoms with Crippen LogP contribution in [0.5, 0.6) is 5.75 Å². The van der Waals surface area contributed by atoms with Crippen molar-refractivity contribution in [3.63, 3.8) is 0 Å². The van der Waals surface area contributed by atoms with Crippen LogP contribution in [-0.2, 0) is 17.9 Å². The van der Waals surface area contributed by atoms with E-state index in [0.717, 1.165) is 37.4 Å². The first-order chi connectivity index (χ1) is 14.5. The summed E-state index contributed by atoms with van der Waals surface area (Å²) in [6.07, 6.45) is 7.78. The highest BCUT2D eigenvalue weighted by Gasteiger charge is 2.50. The van der Waals surface area contributed by atoms with E-state index in [1.54, 1.807) is 13.2 Å². The summed E-state index contributed by atoms with van der Waals surface area (Å²) in [6.45, 7) is 5.85. The highest BCUT2D eigenvalue weighted by Crippen LogP contribution is 2.30. The Bertz CT molecular complexity index is 904. The van der Waals surface area contributed by atoms with E-state index in [1.807, 2.05) is 17.1 Å². The molecule has 0 atom stereocenters. The molecule has 1 aromatic carbocycles. The zero-order chi connectivity index (χ0) is 21.1. The van der Waals surface area contributed by atoms with Crippen molar-refractivity contribution in [2.45, 2.75) is 44.8 Å². The normalized spacial score (nSPS) is 18.8. The summed E-state index contributed by atoms with van der Waals surface area (Å²) in [5, 5.41) is 2.90. The smallest absolute Gasteiger partial charge is 0.324 e. The van der Waals surface area contributed by atoms with Gasteiger partial charge in [-0.05, 0) is 37.0 Å². The average Bonchev–Trinajstić information content (AvgIpc) is 3.33. The predicted octanol–water partition coefficient (Wildman–Crippen LogP) is 2.24. The molecule has 1 aromatic heterocycles. The lowest BCUT2D eigenvalue weighted by Gasteiger charge is -2.37. The van der Waals surface area contributed by atoms with E-state index >= 15 is 0 Å². The molecule has 0 radical (unpaired) electrons. The maximum absolute atomic E-state index is 12.5. The number of benzene rings is 1. The molecule has 3 amide bonds. The van der Waals surface area contributed by atoms with Crippen LogP contribution in [0.1, 0.15) is 37.3 Å². The Balaban J connectivity index is 1.43. The molecule has 1 N–H and O–H groups in total. The lowest BCUT2D eigenvalue weighted by Crippen LogP contribution is -2.54. The first-order valence-corrected chi connectivity index (χ1v) is 10.5. The van der Waals surface area contributed by atoms with Gasteiger partial charge in [-0.1, -0.05) is 13.0 Å². The fourth-order valence-corrected chi connectivity index (χ4v) is 4.23. The lowest BCUT2D eigenvalue weighted by atomic mass is 9.87. The van der Waals surface area contributed by atoms with Gasteiger partial charge in [0.2, 0.25) is 0 Å². The van der Waals surface area contributed by atoms with Gasteiger partial charge in [0.1, 0.15) is 11.3 Å². The predicted molar refractivity (Wildman–Crippen MR) is 112 cm³/mol. The second-order valence-corrected chi connectivity index (χ2v) is 8.18. The van der Waals surface area contributed by atoms with Gasteiger partial charge in [-0.15, -0.1) is 0 Å². The number of urea groups is 1. The van der Waals surface area contributed by atoms with Crippen molar-refractivity contribution in [2.24, 2.45) is 0 Å². The second-order valence-electron chi connectivity index (χ2n) is 8.18. The van der Waals surface area contributed by atoms with Crippen molar-refractivity contribution >= 4 is 11.9 Å². The zero-order valence-electron chi connectivity index (χ0n) is 17.6. The number of imide groups is 1. The van der Waals surface area contributed by atoms with Crippen LogP contribution in [0, 0.1) is 0 Å². The summed E-state index contributed by atoms with van der Waals surface area (Å²) in [5.41, 5.74) is 1.63. The van der Waals surface area contributed by atoms with Crippen LogP contribution in [-0.4, -0.2) is 63.6 Å². The van der Waals surface area contributed by atoms with Gasteiger partial charge in [-0.3, -0.25) is 14.6 Å². The fraction of sp³-hybridized carbons (Fsp3) is 0.500. The Morgan fingerprint density at radius 1 is 1.20 bits per heavy atom. The van der Waals surface area contributed by atoms with Crippen LogP contribution in [0.3, 0.4) is 0 Å². The first-order valence-electron chi connectivity index (χ1n) is 10.5. The van der Waals surface area contributed by atoms with Crippen molar-refractivity contribution in [3.05, 3.63) is 48.0 Å². The van der Waals surface area contributed by atoms with Crippen LogP contribution < -0.4 is 10.1 Å². The SMILES string of the molecule is CCCOc1ccc(CN2CCC3(CC2)NC(=O)N(C)C3=O)cc1Cn1ccnc1. The number of rotatable bonds is 7. The molecule has 2 fully saturated rings. The average molecular weight is 412 g/mol. The Morgan fingerprint density at radius 2 is 2.00 bits per heavy atom. The molecule has 2 aliphatic heterocycles. The third kappa shape index (κ3) is 4.05. The first kappa shape index (κ1) is 20.4. The monoisotopic (exact) mass is 411 g/mol. The highest BCUT2D eigenvalue weighted by atomic mass is 16.5. The Hall–Kier alpha value is -2.87. The minimum absolute atomic E-state index is 0.104. The third-order valence-electron chi connectivity index (χ3n) is 5.98. The number of hydrogen-bond donors (Lipinski definition) is 1. The summed E-state index contributed by atoms with van der Waals surface area (Å²) >= 11 is 0. The second kappa shape index (κ2) is 8.47. The molecular weight excluding hydrogens is 382 g/mol. The van der Waals surface area contributed by atoms with Crippen LogP contribution >= 0.6 is 0 Å². The Labute approximate surface area is 176 Å². The van der Waals surface area contributed by atoms with Crippen LogP contribution in [0.15, 0.2) is 36.9 Å². The van der Waals surface area contributed by atoms with Crippen molar-refractivity contribution in [1.82, 2.24) is 24.7 Å². The summed E-state index contributed by atoms with van der Waals surface area (Å²) in [6, 6.07) is 6.08. The molecule has 160 valence electrons. The molecule has 0 bridgehead atoms. The number of carbonyl (C=O) groups is 2. The molecule has 30 heavy (non-hydrogen) atoms. The molecule has 1 spiro atoms. The van der Waals surface area contributed by atoms with Crippen LogP contribution in [0.25, 0.3) is 0 Å². The van der Waals surface area contributed by atoms with Crippen molar-refractivity contribution in [3.8, 4) is 5.75 Å². The number of likely N-dealkylation sites (tertiary alicyclic amines) is 1. The van der Waals surface area contributed by atoms with E-state index in [-0.39, 0.29) is 11.9 Å². The minimum atomic E-state index is -0.716. The summed E-state index contributed by atoms with van der Waals surface area (Å²) in [7, 11) is 1.54. The van der Waals surface area contributed by atoms with E-state index in [2.05, 4.69) is 40.3 Å². The van der Waals surface area contributed by atoms with Crippen molar-refractivity contribution in [1.29, 1.82) is 0 Å². The van der Waals surface area contributed by atoms with Crippen LogP contribution in [0.2, 0.25) is 0 Å². The summed E-state index contributed by atoms with van der Waals surface area (Å²) in [5.74, 6) is 0.807. The molecule has 2 aliphatic rings. The molecule has 0 saturated carbocycles. The molecular formula is C22H29N5O3. The van der Waals surface area contributed by atoms with E-state index < -0.39 is 5.54 Å². The Kier molecular flexibility index (Phi) is 5.76. The maximum Gasteiger partial charge on any atom is 0.324 e. The standard InChI is InChI=1S/C22H29N5O3/c1-3-12-30-19-5-4-17(13-18(19)15-27-11-8-23-16-27)14-26-9-6-22(7-10-26)20(28)25(2)21(29)24-22/h4-5,8,11,13,16H,3,6-7,9-10,12,14-15H2,1-2H3,(H,24,29). The van der Waals surface area contributed by atoms with E-state index in [4.69, 9.17) is 4.74 Å². The van der Waals surface area contributed by atoms with Gasteiger partial charge in [-0.2, -0.15) is 0 Å². The quantitative estimate of drug-likeness (QED) is 0.707. The number of piperidine rings is 1. The summed E-state index contributed by atoms with van der Waals surface area (Å²) < 4.78 is 7.98. The van der Waals surface area contributed by atoms with Crippen molar-refractivity contribution in [2.75, 3.05) is 26.7 Å². The summed E-state index contributed by atoms with van der Waals surface area (Å²) in [4.78, 5) is 32.0. The fourth-order valence-electron chi connectivity index (χ4n) is 4.23. The molecule has 2 aromatic rings. The van der Waals surface area contributed by atoms with Gasteiger partial charge in [0.25, 0.3) is 5.91 Å². The van der Waals surface area contributed by atoms with Gasteiger partial charge in [-0.25, -0.2) is 9.78 Å². The van der Waals surface area contributed by atoms with E-state index in [9.17, 15) is 9.59 Å². The van der Waals surface area contributed by atoms with E-state index in [0.29, 0.717) is 26.0 Å². The van der Waals surface area contributed by atoms with E-state index in [1.165, 1.54) is 10.5 Å². The van der Waals surface area contributed by atoms with Crippen molar-refractivity contribution < 1.29 is 14.3 Å². The lowest BCUT2D eigenvalue weighted by molar-refractivity contribution is -0.132. The number of nitrogens with zero attached hydrogens (tertiary/aromatic N) is 4. The van der Waals surface area contributed by atoms with Gasteiger partial charge in [0.05, 0.1) is 19.5 Å². The third-order valence-corrected chi connectivity index (χ3v) is 5.98. The van der Waals surface area contributed by atoms with Crippen LogP contribution in [0.4, 0.5) is 4.79 Å². The molecule has 0 aliphatic carbocycles. The largest absolute Gasteiger partial charge is 0.493 e. The molecule has 3 heterocycles. The molecule has 4 rings (SSSR count). The number of likely N-dealkylation sites (N-methyl/N-ethyl adjacent to an activating group) is 1. The number of aromatic nitrogens is 2. The molecule has 2 saturated heterocycles. The number of amides is 3. The molecule has 0 unspecified atom stereocenters. The maximum atomic E-state index is 12.5. The number of ether oxygens (including phenoxy) is 1. The Morgan fingerprint density at radius 3 is 2.63 bits per heavy atom. The molecule has 8 nitrogen and oxygen atoms in total. The van der Waals surface area contributed by atoms with Gasteiger partial charge < -0.3 is 14.6 Å². The highest BCUT2D eigenvalue weighted by molar-refractivity contribution is 6.06. The number of carbonyl (C=O) groups excluding carboxylic acids is 2. The topological polar surface area (TPSA) is 79.7 Å². The zero-order valence-corrected chi connectivity index (χ0v) is 17.6. The minimum Gasteiger partial charge on any atom is -0.493 e. The molecule has 8 heteroatoms. The number of imidazole rings is 1.